The van der Waals surface area contributed by atoms with E-state index in [-0.39, 0.29) is 47.2 Å². The highest BCUT2D eigenvalue weighted by Crippen LogP contribution is 2.18. The lowest BCUT2D eigenvalue weighted by atomic mass is 10.2. The van der Waals surface area contributed by atoms with E-state index in [9.17, 15) is 10.1 Å². The fraction of sp³-hybridized carbons (Fsp3) is 0.632. The third-order valence-electron chi connectivity index (χ3n) is 4.28. The van der Waals surface area contributed by atoms with Gasteiger partial charge in [0.25, 0.3) is 5.69 Å². The second kappa shape index (κ2) is 12.9. The zero-order chi connectivity index (χ0) is 19.6. The fourth-order valence-electron chi connectivity index (χ4n) is 3.13. The molecule has 0 amide bonds. The maximum atomic E-state index is 11.1. The molecule has 0 bridgehead atoms. The summed E-state index contributed by atoms with van der Waals surface area (Å²) in [7, 11) is 0. The highest BCUT2D eigenvalue weighted by Gasteiger charge is 2.21. The number of nitro groups is 1. The third-order valence-corrected chi connectivity index (χ3v) is 4.28. The van der Waals surface area contributed by atoms with E-state index in [4.69, 9.17) is 4.74 Å². The highest BCUT2D eigenvalue weighted by molar-refractivity contribution is 14.0. The number of benzene rings is 1. The first-order chi connectivity index (χ1) is 13.0. The van der Waals surface area contributed by atoms with E-state index < -0.39 is 0 Å². The summed E-state index contributed by atoms with van der Waals surface area (Å²) in [5.41, 5.74) is 0.689. The molecule has 0 saturated carbocycles. The van der Waals surface area contributed by atoms with Crippen molar-refractivity contribution in [3.8, 4) is 0 Å². The van der Waals surface area contributed by atoms with Crippen LogP contribution in [0.3, 0.4) is 0 Å². The molecule has 0 aliphatic carbocycles. The number of nitrogens with one attached hydrogen (secondary N) is 2. The summed E-state index contributed by atoms with van der Waals surface area (Å²) in [5.74, 6) is 1.28. The number of guanidine groups is 1. The minimum atomic E-state index is -0.371. The van der Waals surface area contributed by atoms with Gasteiger partial charge in [0.1, 0.15) is 0 Å². The normalized spacial score (nSPS) is 17.9. The lowest BCUT2D eigenvalue weighted by molar-refractivity contribution is -0.385. The molecule has 28 heavy (non-hydrogen) atoms. The van der Waals surface area contributed by atoms with Crippen LogP contribution in [0.4, 0.5) is 5.69 Å². The van der Waals surface area contributed by atoms with Crippen molar-refractivity contribution >= 4 is 35.6 Å². The first kappa shape index (κ1) is 24.6. The van der Waals surface area contributed by atoms with Crippen LogP contribution in [0.15, 0.2) is 29.3 Å². The van der Waals surface area contributed by atoms with Gasteiger partial charge in [0.2, 0.25) is 0 Å². The van der Waals surface area contributed by atoms with Crippen molar-refractivity contribution < 1.29 is 9.66 Å². The van der Waals surface area contributed by atoms with E-state index in [0.717, 1.165) is 26.2 Å². The quantitative estimate of drug-likeness (QED) is 0.186. The zero-order valence-corrected chi connectivity index (χ0v) is 19.2. The second-order valence-corrected chi connectivity index (χ2v) is 7.11. The summed E-state index contributed by atoms with van der Waals surface area (Å²) >= 11 is 0. The molecule has 0 aromatic heterocycles. The molecule has 0 spiro atoms. The molecular weight excluding hydrogens is 473 g/mol. The first-order valence-corrected chi connectivity index (χ1v) is 9.58. The van der Waals surface area contributed by atoms with Gasteiger partial charge >= 0.3 is 0 Å². The summed E-state index contributed by atoms with van der Waals surface area (Å²) in [6, 6.07) is 6.69. The maximum Gasteiger partial charge on any atom is 0.274 e. The van der Waals surface area contributed by atoms with Crippen molar-refractivity contribution in [1.29, 1.82) is 0 Å². The minimum absolute atomic E-state index is 0. The number of hydrogen-bond acceptors (Lipinski definition) is 5. The summed E-state index contributed by atoms with van der Waals surface area (Å²) in [4.78, 5) is 17.7. The first-order valence-electron chi connectivity index (χ1n) is 9.58. The predicted molar refractivity (Wildman–Crippen MR) is 122 cm³/mol. The summed E-state index contributed by atoms with van der Waals surface area (Å²) < 4.78 is 5.86. The number of hydrogen-bond donors (Lipinski definition) is 2. The lowest BCUT2D eigenvalue weighted by Gasteiger charge is -2.34. The highest BCUT2D eigenvalue weighted by atomic mass is 127. The topological polar surface area (TPSA) is 92.0 Å². The van der Waals surface area contributed by atoms with Gasteiger partial charge in [-0.3, -0.25) is 15.0 Å². The Labute approximate surface area is 184 Å². The molecule has 0 radical (unpaired) electrons. The molecule has 2 rings (SSSR count). The Hall–Kier alpha value is -1.46. The maximum absolute atomic E-state index is 11.1. The Balaban J connectivity index is 0.00000392. The van der Waals surface area contributed by atoms with Gasteiger partial charge in [-0.25, -0.2) is 4.99 Å². The molecule has 1 unspecified atom stereocenters. The van der Waals surface area contributed by atoms with E-state index >= 15 is 0 Å². The molecule has 1 aromatic carbocycles. The van der Waals surface area contributed by atoms with Gasteiger partial charge in [-0.15, -0.1) is 24.0 Å². The summed E-state index contributed by atoms with van der Waals surface area (Å²) in [6.45, 7) is 11.7. The van der Waals surface area contributed by atoms with E-state index in [1.54, 1.807) is 18.2 Å². The van der Waals surface area contributed by atoms with Crippen LogP contribution in [-0.4, -0.2) is 61.2 Å². The zero-order valence-electron chi connectivity index (χ0n) is 16.9. The number of nitro benzene ring substituents is 1. The second-order valence-electron chi connectivity index (χ2n) is 7.11. The van der Waals surface area contributed by atoms with Gasteiger partial charge in [0, 0.05) is 38.8 Å². The van der Waals surface area contributed by atoms with Gasteiger partial charge < -0.3 is 15.4 Å². The largest absolute Gasteiger partial charge is 0.374 e. The molecule has 158 valence electrons. The number of ether oxygens (including phenoxy) is 1. The number of morpholine rings is 1. The van der Waals surface area contributed by atoms with Crippen LogP contribution in [0.2, 0.25) is 0 Å². The minimum Gasteiger partial charge on any atom is -0.374 e. The van der Waals surface area contributed by atoms with E-state index in [2.05, 4.69) is 34.4 Å². The number of nitrogens with zero attached hydrogens (tertiary/aromatic N) is 3. The van der Waals surface area contributed by atoms with Gasteiger partial charge in [-0.05, 0) is 12.8 Å². The molecule has 1 fully saturated rings. The van der Waals surface area contributed by atoms with Gasteiger partial charge in [-0.1, -0.05) is 32.0 Å². The molecule has 1 aliphatic rings. The van der Waals surface area contributed by atoms with Gasteiger partial charge in [0.15, 0.2) is 5.96 Å². The average Bonchev–Trinajstić information content (AvgIpc) is 2.64. The standard InChI is InChI=1S/C19H31N5O3.HI/c1-4-20-19(21-11-16-7-5-6-8-18(16)24(25)26)22-12-17-14-23(9-10-27-17)13-15(2)3;/h5-8,15,17H,4,9-14H2,1-3H3,(H2,20,21,22);1H. The predicted octanol–water partition coefficient (Wildman–Crippen LogP) is 2.62. The van der Waals surface area contributed by atoms with Gasteiger partial charge in [0.05, 0.1) is 29.7 Å². The Morgan fingerprint density at radius 2 is 2.14 bits per heavy atom. The summed E-state index contributed by atoms with van der Waals surface area (Å²) in [5, 5.41) is 17.6. The Morgan fingerprint density at radius 1 is 1.39 bits per heavy atom. The lowest BCUT2D eigenvalue weighted by Crippen LogP contribution is -2.50. The number of aliphatic imine (C=N–C) groups is 1. The molecular formula is C19H32IN5O3. The number of para-hydroxylation sites is 1. The molecule has 1 atom stereocenters. The van der Waals surface area contributed by atoms with Crippen molar-refractivity contribution in [3.63, 3.8) is 0 Å². The molecule has 1 aromatic rings. The van der Waals surface area contributed by atoms with Crippen LogP contribution in [-0.2, 0) is 11.3 Å². The smallest absolute Gasteiger partial charge is 0.274 e. The van der Waals surface area contributed by atoms with E-state index in [0.29, 0.717) is 30.5 Å². The van der Waals surface area contributed by atoms with Crippen LogP contribution >= 0.6 is 24.0 Å². The third kappa shape index (κ3) is 8.27. The Kier molecular flexibility index (Phi) is 11.3. The molecule has 2 N–H and O–H groups in total. The van der Waals surface area contributed by atoms with E-state index in [1.807, 2.05) is 6.92 Å². The van der Waals surface area contributed by atoms with Crippen molar-refractivity contribution in [2.24, 2.45) is 10.9 Å². The van der Waals surface area contributed by atoms with Crippen LogP contribution in [0.1, 0.15) is 26.3 Å². The Bertz CT molecular complexity index is 642. The Morgan fingerprint density at radius 3 is 2.82 bits per heavy atom. The molecule has 9 heteroatoms. The van der Waals surface area contributed by atoms with Crippen LogP contribution < -0.4 is 10.6 Å². The van der Waals surface area contributed by atoms with Crippen molar-refractivity contribution in [2.75, 3.05) is 39.3 Å². The average molecular weight is 505 g/mol. The van der Waals surface area contributed by atoms with Crippen LogP contribution in [0, 0.1) is 16.0 Å². The van der Waals surface area contributed by atoms with Crippen LogP contribution in [0.5, 0.6) is 0 Å². The molecule has 1 heterocycles. The molecule has 1 aliphatic heterocycles. The molecule has 8 nitrogen and oxygen atoms in total. The molecule has 1 saturated heterocycles. The van der Waals surface area contributed by atoms with Crippen molar-refractivity contribution in [1.82, 2.24) is 15.5 Å². The fourth-order valence-corrected chi connectivity index (χ4v) is 3.13. The van der Waals surface area contributed by atoms with Crippen molar-refractivity contribution in [3.05, 3.63) is 39.9 Å². The van der Waals surface area contributed by atoms with E-state index in [1.165, 1.54) is 6.07 Å². The monoisotopic (exact) mass is 505 g/mol. The summed E-state index contributed by atoms with van der Waals surface area (Å²) in [6.07, 6.45) is 0.104. The van der Waals surface area contributed by atoms with Crippen LogP contribution in [0.25, 0.3) is 0 Å². The number of rotatable bonds is 8. The number of halogens is 1. The van der Waals surface area contributed by atoms with Crippen molar-refractivity contribution in [2.45, 2.75) is 33.4 Å². The van der Waals surface area contributed by atoms with Gasteiger partial charge in [-0.2, -0.15) is 0 Å². The SMILES string of the molecule is CCNC(=NCc1ccccc1[N+](=O)[O-])NCC1CN(CC(C)C)CCO1.I.